The van der Waals surface area contributed by atoms with Crippen LogP contribution in [0, 0.1) is 13.8 Å². The van der Waals surface area contributed by atoms with Crippen LogP contribution < -0.4 is 0 Å². The molecule has 0 fully saturated rings. The minimum absolute atomic E-state index is 0.375. The molecule has 0 saturated carbocycles. The Hall–Kier alpha value is -3.54. The summed E-state index contributed by atoms with van der Waals surface area (Å²) in [7, 11) is 1.89. The highest BCUT2D eigenvalue weighted by Crippen LogP contribution is 2.28. The molecule has 6 heteroatoms. The summed E-state index contributed by atoms with van der Waals surface area (Å²) >= 11 is 0. The van der Waals surface area contributed by atoms with Crippen molar-refractivity contribution in [2.45, 2.75) is 20.3 Å². The third-order valence-electron chi connectivity index (χ3n) is 4.84. The predicted octanol–water partition coefficient (Wildman–Crippen LogP) is 4.16. The van der Waals surface area contributed by atoms with Crippen LogP contribution in [0.2, 0.25) is 0 Å². The third-order valence-corrected chi connectivity index (χ3v) is 4.84. The Labute approximate surface area is 162 Å². The molecule has 0 bridgehead atoms. The molecule has 0 atom stereocenters. The van der Waals surface area contributed by atoms with Gasteiger partial charge in [-0.3, -0.25) is 4.68 Å². The number of aromatic nitrogens is 4. The first-order valence-electron chi connectivity index (χ1n) is 9.04. The minimum atomic E-state index is 0.375. The first-order valence-corrected chi connectivity index (χ1v) is 9.04. The van der Waals surface area contributed by atoms with Gasteiger partial charge in [-0.25, -0.2) is 0 Å². The maximum atomic E-state index is 10.9. The normalized spacial score (nSPS) is 11.0. The second-order valence-electron chi connectivity index (χ2n) is 6.79. The largest absolute Gasteiger partial charge is 0.332 e. The molecule has 0 aliphatic rings. The topological polar surface area (TPSA) is 73.8 Å². The Morgan fingerprint density at radius 2 is 1.75 bits per heavy atom. The number of aryl methyl sites for hydroxylation is 3. The molecule has 0 saturated heterocycles. The van der Waals surface area contributed by atoms with Crippen molar-refractivity contribution in [3.63, 3.8) is 0 Å². The van der Waals surface area contributed by atoms with Gasteiger partial charge in [0.05, 0.1) is 5.69 Å². The molecule has 2 aromatic heterocycles. The van der Waals surface area contributed by atoms with Crippen LogP contribution in [0.15, 0.2) is 53.1 Å². The van der Waals surface area contributed by atoms with E-state index >= 15 is 0 Å². The van der Waals surface area contributed by atoms with Crippen molar-refractivity contribution in [3.05, 3.63) is 65.2 Å². The van der Waals surface area contributed by atoms with E-state index < -0.39 is 0 Å². The van der Waals surface area contributed by atoms with Crippen LogP contribution in [-0.2, 0) is 18.3 Å². The Morgan fingerprint density at radius 1 is 1.04 bits per heavy atom. The highest BCUT2D eigenvalue weighted by molar-refractivity contribution is 5.67. The summed E-state index contributed by atoms with van der Waals surface area (Å²) in [6, 6.07) is 15.9. The smallest absolute Gasteiger partial charge is 0.278 e. The van der Waals surface area contributed by atoms with Crippen molar-refractivity contribution in [3.8, 4) is 34.2 Å². The highest BCUT2D eigenvalue weighted by atomic mass is 16.5. The lowest BCUT2D eigenvalue weighted by molar-refractivity contribution is -0.107. The molecule has 6 nitrogen and oxygen atoms in total. The van der Waals surface area contributed by atoms with E-state index in [1.807, 2.05) is 69.4 Å². The zero-order valence-electron chi connectivity index (χ0n) is 16.0. The van der Waals surface area contributed by atoms with Crippen LogP contribution in [0.5, 0.6) is 0 Å². The van der Waals surface area contributed by atoms with Gasteiger partial charge in [0, 0.05) is 19.0 Å². The van der Waals surface area contributed by atoms with E-state index in [1.165, 1.54) is 0 Å². The van der Waals surface area contributed by atoms with Crippen LogP contribution in [0.3, 0.4) is 0 Å². The number of rotatable bonds is 5. The lowest BCUT2D eigenvalue weighted by atomic mass is 9.97. The Bertz CT molecular complexity index is 1120. The van der Waals surface area contributed by atoms with Crippen LogP contribution in [0.25, 0.3) is 34.2 Å². The van der Waals surface area contributed by atoms with Crippen molar-refractivity contribution >= 4 is 6.29 Å². The van der Waals surface area contributed by atoms with Crippen molar-refractivity contribution in [1.29, 1.82) is 0 Å². The third kappa shape index (κ3) is 3.24. The van der Waals surface area contributed by atoms with E-state index in [9.17, 15) is 4.79 Å². The highest BCUT2D eigenvalue weighted by Gasteiger charge is 2.17. The summed E-state index contributed by atoms with van der Waals surface area (Å²) < 4.78 is 7.28. The molecule has 4 aromatic rings. The lowest BCUT2D eigenvalue weighted by Gasteiger charge is -2.08. The van der Waals surface area contributed by atoms with Gasteiger partial charge in [-0.05, 0) is 54.3 Å². The average molecular weight is 372 g/mol. The second kappa shape index (κ2) is 7.23. The molecule has 0 N–H and O–H groups in total. The number of benzene rings is 2. The van der Waals surface area contributed by atoms with Gasteiger partial charge in [-0.1, -0.05) is 35.5 Å². The quantitative estimate of drug-likeness (QED) is 0.492. The molecule has 28 heavy (non-hydrogen) atoms. The monoisotopic (exact) mass is 372 g/mol. The van der Waals surface area contributed by atoms with Gasteiger partial charge >= 0.3 is 0 Å². The number of aldehydes is 1. The maximum absolute atomic E-state index is 10.9. The molecular weight excluding hydrogens is 352 g/mol. The zero-order chi connectivity index (χ0) is 19.7. The summed E-state index contributed by atoms with van der Waals surface area (Å²) in [5.41, 5.74) is 6.65. The van der Waals surface area contributed by atoms with E-state index in [2.05, 4.69) is 15.2 Å². The molecular formula is C22H20N4O2. The van der Waals surface area contributed by atoms with Gasteiger partial charge < -0.3 is 9.32 Å². The molecule has 0 radical (unpaired) electrons. The standard InChI is InChI=1S/C22H20N4O2/c1-14-11-17(12-15(2)18(14)9-10-27)21-23-22(28-25-21)19-13-20(26(3)24-19)16-7-5-4-6-8-16/h4-8,10-13H,9H2,1-3H3. The fraction of sp³-hybridized carbons (Fsp3) is 0.182. The number of nitrogens with zero attached hydrogens (tertiary/aromatic N) is 4. The molecule has 0 unspecified atom stereocenters. The van der Waals surface area contributed by atoms with Gasteiger partial charge in [0.1, 0.15) is 6.29 Å². The van der Waals surface area contributed by atoms with Crippen LogP contribution in [0.4, 0.5) is 0 Å². The van der Waals surface area contributed by atoms with E-state index in [1.54, 1.807) is 4.68 Å². The Kier molecular flexibility index (Phi) is 4.61. The van der Waals surface area contributed by atoms with Crippen molar-refractivity contribution in [2.75, 3.05) is 0 Å². The molecule has 0 aliphatic heterocycles. The predicted molar refractivity (Wildman–Crippen MR) is 107 cm³/mol. The molecule has 0 spiro atoms. The molecule has 2 heterocycles. The van der Waals surface area contributed by atoms with Crippen molar-refractivity contribution in [1.82, 2.24) is 19.9 Å². The van der Waals surface area contributed by atoms with E-state index in [0.29, 0.717) is 23.8 Å². The number of carbonyl (C=O) groups excluding carboxylic acids is 1. The molecule has 0 amide bonds. The first kappa shape index (κ1) is 17.9. The summed E-state index contributed by atoms with van der Waals surface area (Å²) in [4.78, 5) is 15.4. The Morgan fingerprint density at radius 3 is 2.43 bits per heavy atom. The molecule has 140 valence electrons. The first-order chi connectivity index (χ1) is 13.6. The fourth-order valence-corrected chi connectivity index (χ4v) is 3.42. The summed E-state index contributed by atoms with van der Waals surface area (Å²) in [5, 5.41) is 8.65. The van der Waals surface area contributed by atoms with Crippen LogP contribution in [-0.4, -0.2) is 26.2 Å². The number of hydrogen-bond donors (Lipinski definition) is 0. The average Bonchev–Trinajstić information content (AvgIpc) is 3.32. The van der Waals surface area contributed by atoms with Gasteiger partial charge in [-0.2, -0.15) is 10.1 Å². The summed E-state index contributed by atoms with van der Waals surface area (Å²) in [6.07, 6.45) is 1.33. The molecule has 0 aliphatic carbocycles. The number of carbonyl (C=O) groups is 1. The van der Waals surface area contributed by atoms with Crippen molar-refractivity contribution in [2.24, 2.45) is 7.05 Å². The fourth-order valence-electron chi connectivity index (χ4n) is 3.42. The van der Waals surface area contributed by atoms with Crippen molar-refractivity contribution < 1.29 is 9.32 Å². The van der Waals surface area contributed by atoms with E-state index in [4.69, 9.17) is 4.52 Å². The maximum Gasteiger partial charge on any atom is 0.278 e. The van der Waals surface area contributed by atoms with Gasteiger partial charge in [0.2, 0.25) is 5.82 Å². The molecule has 2 aromatic carbocycles. The number of hydrogen-bond acceptors (Lipinski definition) is 5. The lowest BCUT2D eigenvalue weighted by Crippen LogP contribution is -1.96. The van der Waals surface area contributed by atoms with Gasteiger partial charge in [0.25, 0.3) is 5.89 Å². The zero-order valence-corrected chi connectivity index (χ0v) is 16.0. The van der Waals surface area contributed by atoms with Gasteiger partial charge in [-0.15, -0.1) is 0 Å². The van der Waals surface area contributed by atoms with E-state index in [-0.39, 0.29) is 0 Å². The minimum Gasteiger partial charge on any atom is -0.332 e. The Balaban J connectivity index is 1.68. The van der Waals surface area contributed by atoms with Gasteiger partial charge in [0.15, 0.2) is 5.69 Å². The van der Waals surface area contributed by atoms with Crippen LogP contribution >= 0.6 is 0 Å². The summed E-state index contributed by atoms with van der Waals surface area (Å²) in [6.45, 7) is 3.97. The second-order valence-corrected chi connectivity index (χ2v) is 6.79. The van der Waals surface area contributed by atoms with E-state index in [0.717, 1.165) is 39.8 Å². The van der Waals surface area contributed by atoms with Crippen LogP contribution in [0.1, 0.15) is 16.7 Å². The summed E-state index contributed by atoms with van der Waals surface area (Å²) in [5.74, 6) is 0.880. The molecule has 4 rings (SSSR count). The SMILES string of the molecule is Cc1cc(-c2noc(-c3cc(-c4ccccc4)n(C)n3)n2)cc(C)c1CC=O.